The first-order valence-electron chi connectivity index (χ1n) is 11.1. The van der Waals surface area contributed by atoms with Crippen molar-refractivity contribution in [2.45, 2.75) is 85.4 Å². The largest absolute Gasteiger partial charge is 0.483 e. The number of esters is 1. The van der Waals surface area contributed by atoms with E-state index < -0.39 is 28.9 Å². The van der Waals surface area contributed by atoms with E-state index in [0.29, 0.717) is 24.8 Å². The van der Waals surface area contributed by atoms with Crippen LogP contribution in [0, 0.1) is 17.8 Å². The summed E-state index contributed by atoms with van der Waals surface area (Å²) in [6.07, 6.45) is 3.98. The van der Waals surface area contributed by atoms with Crippen molar-refractivity contribution in [1.82, 2.24) is 0 Å². The number of rotatable bonds is 5. The van der Waals surface area contributed by atoms with Crippen molar-refractivity contribution in [3.8, 4) is 0 Å². The van der Waals surface area contributed by atoms with Crippen LogP contribution in [0.25, 0.3) is 0 Å². The normalized spacial score (nSPS) is 28.4. The van der Waals surface area contributed by atoms with Crippen LogP contribution in [0.1, 0.15) is 74.1 Å². The van der Waals surface area contributed by atoms with E-state index in [-0.39, 0.29) is 41.1 Å². The second-order valence-corrected chi connectivity index (χ2v) is 10.4. The van der Waals surface area contributed by atoms with Gasteiger partial charge in [0.25, 0.3) is 5.78 Å². The number of aliphatic hydroxyl groups is 1. The Hall–Kier alpha value is -2.21. The maximum absolute atomic E-state index is 13.7. The van der Waals surface area contributed by atoms with Gasteiger partial charge in [0.15, 0.2) is 17.3 Å². The molecule has 1 fully saturated rings. The van der Waals surface area contributed by atoms with Gasteiger partial charge in [0.05, 0.1) is 17.1 Å². The number of ketones is 2. The number of ether oxygens (including phenoxy) is 2. The molecule has 0 spiro atoms. The van der Waals surface area contributed by atoms with Crippen LogP contribution in [-0.2, 0) is 23.9 Å². The summed E-state index contributed by atoms with van der Waals surface area (Å²) < 4.78 is 11.6. The fourth-order valence-electron chi connectivity index (χ4n) is 4.85. The summed E-state index contributed by atoms with van der Waals surface area (Å²) in [4.78, 5) is 39.5. The summed E-state index contributed by atoms with van der Waals surface area (Å²) in [6, 6.07) is 0. The van der Waals surface area contributed by atoms with Gasteiger partial charge in [-0.2, -0.15) is 0 Å². The Bertz CT molecular complexity index is 907. The molecule has 31 heavy (non-hydrogen) atoms. The molecule has 1 saturated carbocycles. The molecule has 0 amide bonds. The van der Waals surface area contributed by atoms with Gasteiger partial charge in [-0.25, -0.2) is 0 Å². The molecule has 0 aromatic rings. The zero-order valence-electron chi connectivity index (χ0n) is 19.6. The summed E-state index contributed by atoms with van der Waals surface area (Å²) in [5.41, 5.74) is -0.0892. The third kappa shape index (κ3) is 4.40. The summed E-state index contributed by atoms with van der Waals surface area (Å²) >= 11 is 0. The summed E-state index contributed by atoms with van der Waals surface area (Å²) in [7, 11) is 0. The van der Waals surface area contributed by atoms with Crippen molar-refractivity contribution in [3.05, 3.63) is 34.3 Å². The van der Waals surface area contributed by atoms with Gasteiger partial charge in [-0.05, 0) is 66.2 Å². The number of Topliss-reactive ketones (excluding diaryl/α,β-unsaturated/α-hetero) is 2. The number of hydrogen-bond acceptors (Lipinski definition) is 6. The van der Waals surface area contributed by atoms with Crippen molar-refractivity contribution in [1.29, 1.82) is 0 Å². The Morgan fingerprint density at radius 1 is 1.29 bits per heavy atom. The van der Waals surface area contributed by atoms with E-state index in [4.69, 9.17) is 9.47 Å². The summed E-state index contributed by atoms with van der Waals surface area (Å²) in [5, 5.41) is 10.8. The van der Waals surface area contributed by atoms with E-state index in [2.05, 4.69) is 0 Å². The Labute approximate surface area is 184 Å². The minimum atomic E-state index is -1.00. The molecule has 0 aromatic carbocycles. The molecule has 2 bridgehead atoms. The first-order chi connectivity index (χ1) is 14.2. The number of fused-ring (bicyclic) bond motifs is 3. The first kappa shape index (κ1) is 23.5. The second kappa shape index (κ2) is 8.05. The van der Waals surface area contributed by atoms with E-state index in [1.165, 1.54) is 0 Å². The molecule has 3 aliphatic rings. The maximum atomic E-state index is 13.7. The molecule has 0 aromatic heterocycles. The maximum Gasteiger partial charge on any atom is 0.313 e. The van der Waals surface area contributed by atoms with Gasteiger partial charge in [0.1, 0.15) is 5.60 Å². The lowest BCUT2D eigenvalue weighted by Crippen LogP contribution is -2.52. The van der Waals surface area contributed by atoms with Gasteiger partial charge in [-0.15, -0.1) is 0 Å². The minimum Gasteiger partial charge on any atom is -0.483 e. The molecule has 0 unspecified atom stereocenters. The van der Waals surface area contributed by atoms with E-state index >= 15 is 0 Å². The third-order valence-electron chi connectivity index (χ3n) is 6.59. The molecule has 1 heterocycles. The molecule has 0 saturated heterocycles. The molecular formula is C25H34O6. The molecule has 170 valence electrons. The van der Waals surface area contributed by atoms with Gasteiger partial charge >= 0.3 is 5.97 Å². The van der Waals surface area contributed by atoms with Crippen LogP contribution in [0.2, 0.25) is 0 Å². The van der Waals surface area contributed by atoms with Crippen LogP contribution in [0.3, 0.4) is 0 Å². The molecule has 3 atom stereocenters. The highest BCUT2D eigenvalue weighted by atomic mass is 16.5. The van der Waals surface area contributed by atoms with E-state index in [0.717, 1.165) is 5.57 Å². The van der Waals surface area contributed by atoms with Crippen LogP contribution in [0.15, 0.2) is 34.3 Å². The SMILES string of the molecule is CC(C)=CCC1=C(OC(=O)C(C)C)C(=O)C2=C(C1=O)[C@H]1C[C@@](C)(CC[C@@H]1C(C)(C)O)O2. The smallest absolute Gasteiger partial charge is 0.313 e. The van der Waals surface area contributed by atoms with Crippen LogP contribution in [0.4, 0.5) is 0 Å². The van der Waals surface area contributed by atoms with Gasteiger partial charge in [0.2, 0.25) is 0 Å². The standard InChI is InChI=1S/C25H34O6/c1-13(2)8-9-15-19(26)18-16-12-25(7,11-10-17(16)24(5,6)29)31-22(18)20(27)21(15)30-23(28)14(3)4/h8,14,16-17,29H,9-12H2,1-7H3/t16-,17-,25+/m0/s1. The highest BCUT2D eigenvalue weighted by Crippen LogP contribution is 2.53. The highest BCUT2D eigenvalue weighted by molar-refractivity contribution is 6.24. The van der Waals surface area contributed by atoms with Crippen LogP contribution in [0.5, 0.6) is 0 Å². The van der Waals surface area contributed by atoms with E-state index in [1.807, 2.05) is 26.8 Å². The second-order valence-electron chi connectivity index (χ2n) is 10.4. The summed E-state index contributed by atoms with van der Waals surface area (Å²) in [6.45, 7) is 12.6. The Morgan fingerprint density at radius 2 is 1.94 bits per heavy atom. The molecule has 2 aliphatic carbocycles. The van der Waals surface area contributed by atoms with Crippen molar-refractivity contribution in [3.63, 3.8) is 0 Å². The van der Waals surface area contributed by atoms with Gasteiger partial charge in [-0.3, -0.25) is 14.4 Å². The molecular weight excluding hydrogens is 396 g/mol. The highest BCUT2D eigenvalue weighted by Gasteiger charge is 2.55. The van der Waals surface area contributed by atoms with Crippen molar-refractivity contribution in [2.75, 3.05) is 0 Å². The molecule has 6 nitrogen and oxygen atoms in total. The van der Waals surface area contributed by atoms with Gasteiger partial charge < -0.3 is 14.6 Å². The van der Waals surface area contributed by atoms with Crippen LogP contribution >= 0.6 is 0 Å². The number of carbonyl (C=O) groups is 3. The lowest BCUT2D eigenvalue weighted by molar-refractivity contribution is -0.149. The Morgan fingerprint density at radius 3 is 2.48 bits per heavy atom. The minimum absolute atomic E-state index is 0.00907. The molecule has 6 heteroatoms. The van der Waals surface area contributed by atoms with Crippen molar-refractivity contribution < 1.29 is 29.0 Å². The predicted molar refractivity (Wildman–Crippen MR) is 116 cm³/mol. The van der Waals surface area contributed by atoms with Crippen molar-refractivity contribution in [2.24, 2.45) is 17.8 Å². The average molecular weight is 431 g/mol. The molecule has 1 aliphatic heterocycles. The monoisotopic (exact) mass is 430 g/mol. The van der Waals surface area contributed by atoms with Crippen molar-refractivity contribution >= 4 is 17.5 Å². The van der Waals surface area contributed by atoms with Gasteiger partial charge in [0, 0.05) is 11.5 Å². The Kier molecular flexibility index (Phi) is 6.09. The van der Waals surface area contributed by atoms with Gasteiger partial charge in [-0.1, -0.05) is 25.5 Å². The lowest BCUT2D eigenvalue weighted by atomic mass is 9.61. The average Bonchev–Trinajstić information content (AvgIpc) is 2.63. The number of allylic oxidation sites excluding steroid dienone is 4. The molecule has 1 N–H and O–H groups in total. The molecule has 3 rings (SSSR count). The quantitative estimate of drug-likeness (QED) is 0.400. The fraction of sp³-hybridized carbons (Fsp3) is 0.640. The number of carbonyl (C=O) groups excluding carboxylic acids is 3. The van der Waals surface area contributed by atoms with E-state index in [9.17, 15) is 19.5 Å². The zero-order valence-corrected chi connectivity index (χ0v) is 19.6. The predicted octanol–water partition coefficient (Wildman–Crippen LogP) is 4.18. The third-order valence-corrected chi connectivity index (χ3v) is 6.59. The Balaban J connectivity index is 2.13. The molecule has 0 radical (unpaired) electrons. The first-order valence-corrected chi connectivity index (χ1v) is 11.1. The van der Waals surface area contributed by atoms with Crippen LogP contribution in [-0.4, -0.2) is 33.8 Å². The lowest BCUT2D eigenvalue weighted by Gasteiger charge is -2.51. The van der Waals surface area contributed by atoms with Crippen LogP contribution < -0.4 is 0 Å². The topological polar surface area (TPSA) is 89.9 Å². The fourth-order valence-corrected chi connectivity index (χ4v) is 4.85. The summed E-state index contributed by atoms with van der Waals surface area (Å²) in [5.74, 6) is -2.56. The zero-order chi connectivity index (χ0) is 23.3. The van der Waals surface area contributed by atoms with E-state index in [1.54, 1.807) is 27.7 Å². The number of hydrogen-bond donors (Lipinski definition) is 1.